The Hall–Kier alpha value is -4.10. The molecule has 0 amide bonds. The summed E-state index contributed by atoms with van der Waals surface area (Å²) in [5.41, 5.74) is 0. The van der Waals surface area contributed by atoms with Gasteiger partial charge in [0.2, 0.25) is 0 Å². The number of thioether (sulfide) groups is 1. The second kappa shape index (κ2) is 36.0. The minimum absolute atomic E-state index is 0.0437. The number of hydrogen-bond donors (Lipinski definition) is 0. The summed E-state index contributed by atoms with van der Waals surface area (Å²) in [6.07, 6.45) is -2.91. The van der Waals surface area contributed by atoms with Crippen molar-refractivity contribution in [2.45, 2.75) is 213 Å². The highest BCUT2D eigenvalue weighted by molar-refractivity contribution is 7.99. The van der Waals surface area contributed by atoms with Crippen LogP contribution in [0.15, 0.2) is 0 Å². The van der Waals surface area contributed by atoms with Crippen LogP contribution < -0.4 is 0 Å². The average Bonchev–Trinajstić information content (AvgIpc) is 3.30. The zero-order chi connectivity index (χ0) is 55.2. The molecule has 22 nitrogen and oxygen atoms in total. The van der Waals surface area contributed by atoms with Crippen LogP contribution in [0.25, 0.3) is 0 Å². The highest BCUT2D eigenvalue weighted by Gasteiger charge is 2.57. The second-order valence-electron chi connectivity index (χ2n) is 18.5. The third-order valence-electron chi connectivity index (χ3n) is 11.7. The molecule has 2 aliphatic rings. The van der Waals surface area contributed by atoms with Crippen molar-refractivity contribution in [1.29, 1.82) is 0 Å². The highest BCUT2D eigenvalue weighted by atomic mass is 32.2. The molecule has 2 saturated heterocycles. The summed E-state index contributed by atoms with van der Waals surface area (Å²) in [4.78, 5) is 99.1. The first-order chi connectivity index (χ1) is 35.1. The molecule has 2 rings (SSSR count). The molecule has 0 radical (unpaired) electrons. The fraction of sp³-hybridized carbons (Fsp3) is 0.840. The number of sulfone groups is 1. The Morgan fingerprint density at radius 3 is 1.46 bits per heavy atom. The smallest absolute Gasteiger partial charge is 0.305 e. The maximum atomic E-state index is 13.7. The zero-order valence-corrected chi connectivity index (χ0v) is 46.3. The van der Waals surface area contributed by atoms with Crippen molar-refractivity contribution in [2.75, 3.05) is 49.9 Å². The van der Waals surface area contributed by atoms with Crippen molar-refractivity contribution < 1.29 is 104 Å². The van der Waals surface area contributed by atoms with Gasteiger partial charge in [0.15, 0.2) is 52.9 Å². The summed E-state index contributed by atoms with van der Waals surface area (Å²) in [5.74, 6) is -6.03. The molecule has 0 saturated carbocycles. The van der Waals surface area contributed by atoms with Crippen LogP contribution in [0.4, 0.5) is 0 Å². The molecule has 2 heterocycles. The van der Waals surface area contributed by atoms with E-state index >= 15 is 0 Å². The Bertz CT molecular complexity index is 1860. The lowest BCUT2D eigenvalue weighted by Crippen LogP contribution is -2.67. The Labute approximate surface area is 440 Å². The van der Waals surface area contributed by atoms with Crippen LogP contribution in [0.1, 0.15) is 152 Å². The Kier molecular flexibility index (Phi) is 32.1. The Morgan fingerprint density at radius 2 is 0.946 bits per heavy atom. The summed E-state index contributed by atoms with van der Waals surface area (Å²) in [6, 6.07) is 0. The number of unbranched alkanes of at least 4 members (excludes halogenated alkanes) is 12. The number of ether oxygens (including phenoxy) is 12. The fourth-order valence-corrected chi connectivity index (χ4v) is 11.4. The quantitative estimate of drug-likeness (QED) is 0.0429. The summed E-state index contributed by atoms with van der Waals surface area (Å²) >= 11 is 1.59. The maximum absolute atomic E-state index is 13.7. The van der Waals surface area contributed by atoms with Gasteiger partial charge in [0.25, 0.3) is 0 Å². The lowest BCUT2D eigenvalue weighted by Gasteiger charge is -2.48. The third-order valence-corrected chi connectivity index (χ3v) is 14.9. The van der Waals surface area contributed by atoms with Gasteiger partial charge >= 0.3 is 47.8 Å². The summed E-state index contributed by atoms with van der Waals surface area (Å²) in [7, 11) is -2.25. The van der Waals surface area contributed by atoms with E-state index < -0.39 is 132 Å². The van der Waals surface area contributed by atoms with E-state index in [0.29, 0.717) is 18.6 Å². The average molecular weight is 1100 g/mol. The van der Waals surface area contributed by atoms with Crippen molar-refractivity contribution in [1.82, 2.24) is 0 Å². The van der Waals surface area contributed by atoms with Crippen LogP contribution in [-0.2, 0) is 105 Å². The molecule has 24 heteroatoms. The van der Waals surface area contributed by atoms with Crippen molar-refractivity contribution >= 4 is 69.4 Å². The number of hydrogen-bond acceptors (Lipinski definition) is 23. The molecular formula is C50H82O22S2. The second-order valence-corrected chi connectivity index (χ2v) is 21.9. The molecule has 0 spiro atoms. The summed E-state index contributed by atoms with van der Waals surface area (Å²) < 4.78 is 96.1. The first-order valence-corrected chi connectivity index (χ1v) is 28.6. The van der Waals surface area contributed by atoms with E-state index in [-0.39, 0.29) is 24.1 Å². The van der Waals surface area contributed by atoms with Gasteiger partial charge in [-0.15, -0.1) is 0 Å². The van der Waals surface area contributed by atoms with Gasteiger partial charge < -0.3 is 56.8 Å². The molecule has 0 aliphatic carbocycles. The van der Waals surface area contributed by atoms with Crippen LogP contribution in [0.2, 0.25) is 0 Å². The minimum atomic E-state index is -3.62. The van der Waals surface area contributed by atoms with E-state index in [9.17, 15) is 46.8 Å². The number of esters is 8. The largest absolute Gasteiger partial charge is 0.469 e. The molecule has 11 atom stereocenters. The van der Waals surface area contributed by atoms with Gasteiger partial charge in [-0.25, -0.2) is 8.42 Å². The lowest BCUT2D eigenvalue weighted by atomic mass is 9.96. The summed E-state index contributed by atoms with van der Waals surface area (Å²) in [5, 5.41) is 0. The van der Waals surface area contributed by atoms with Crippen LogP contribution in [0.3, 0.4) is 0 Å². The van der Waals surface area contributed by atoms with Crippen LogP contribution in [0.5, 0.6) is 0 Å². The van der Waals surface area contributed by atoms with E-state index in [1.807, 2.05) is 0 Å². The van der Waals surface area contributed by atoms with Crippen LogP contribution in [-0.4, -0.2) is 168 Å². The van der Waals surface area contributed by atoms with Crippen molar-refractivity contribution in [3.63, 3.8) is 0 Å². The Balaban J connectivity index is 2.51. The molecule has 1 unspecified atom stereocenters. The topological polar surface area (TPSA) is 281 Å². The monoisotopic (exact) mass is 1100 g/mol. The normalized spacial score (nSPS) is 24.1. The number of carbonyl (C=O) groups excluding carboxylic acids is 8. The number of carbonyl (C=O) groups is 8. The van der Waals surface area contributed by atoms with Crippen LogP contribution >= 0.6 is 11.8 Å². The van der Waals surface area contributed by atoms with Crippen molar-refractivity contribution in [2.24, 2.45) is 5.92 Å². The fourth-order valence-electron chi connectivity index (χ4n) is 8.41. The van der Waals surface area contributed by atoms with E-state index in [1.54, 1.807) is 11.8 Å². The number of rotatable bonds is 36. The molecule has 0 aromatic rings. The minimum Gasteiger partial charge on any atom is -0.469 e. The molecule has 74 heavy (non-hydrogen) atoms. The van der Waals surface area contributed by atoms with E-state index in [4.69, 9.17) is 52.1 Å². The van der Waals surface area contributed by atoms with E-state index in [2.05, 4.69) is 11.7 Å². The molecule has 2 aliphatic heterocycles. The van der Waals surface area contributed by atoms with Gasteiger partial charge in [0, 0.05) is 60.8 Å². The number of methoxy groups -OCH3 is 1. The van der Waals surface area contributed by atoms with Gasteiger partial charge in [-0.1, -0.05) is 77.6 Å². The first-order valence-electron chi connectivity index (χ1n) is 25.6. The van der Waals surface area contributed by atoms with Gasteiger partial charge in [0.1, 0.15) is 31.5 Å². The van der Waals surface area contributed by atoms with E-state index in [1.165, 1.54) is 7.11 Å². The summed E-state index contributed by atoms with van der Waals surface area (Å²) in [6.45, 7) is 8.14. The van der Waals surface area contributed by atoms with Gasteiger partial charge in [-0.05, 0) is 30.8 Å². The van der Waals surface area contributed by atoms with Crippen molar-refractivity contribution in [3.05, 3.63) is 0 Å². The first kappa shape index (κ1) is 66.0. The predicted molar refractivity (Wildman–Crippen MR) is 266 cm³/mol. The molecular weight excluding hydrogens is 1020 g/mol. The SMILES string of the molecule is CCCCCCCCSCC(CO[C@H]1O[C@H](COC(C)=O)[C@@H](O[C@@H]2O[C@H](COC(C)=O)[C@H](OC(C)=O)[C@H](OC(C)=O)[C@H]2OC(C)=O)[C@H](OC(C)=O)[C@H]1OC(C)=O)CS(=O)(=O)CCCCCCCCCCC(=O)OC. The predicted octanol–water partition coefficient (Wildman–Crippen LogP) is 5.43. The molecule has 426 valence electrons. The highest BCUT2D eigenvalue weighted by Crippen LogP contribution is 2.36. The van der Waals surface area contributed by atoms with Gasteiger partial charge in [-0.3, -0.25) is 38.4 Å². The van der Waals surface area contributed by atoms with Crippen LogP contribution in [0, 0.1) is 5.92 Å². The lowest BCUT2D eigenvalue weighted by molar-refractivity contribution is -0.361. The molecule has 0 bridgehead atoms. The van der Waals surface area contributed by atoms with Crippen molar-refractivity contribution in [3.8, 4) is 0 Å². The van der Waals surface area contributed by atoms with Gasteiger partial charge in [-0.2, -0.15) is 11.8 Å². The zero-order valence-electron chi connectivity index (χ0n) is 44.7. The molecule has 2 fully saturated rings. The molecule has 0 aromatic carbocycles. The standard InChI is InChI=1S/C50H82O22S2/c1-10-11-12-13-19-22-25-73-30-39(31-74(59,60)26-23-20-17-15-14-16-18-21-24-42(58)61-9)27-64-49-47(68-37(7)56)46(67-36(6)55)44(41(70-49)29-63-33(3)52)72-50-48(69-38(8)57)45(66-35(5)54)43(65-34(4)53)40(71-50)28-62-32(2)51/h39-41,43-50H,10-31H2,1-9H3/t39?,40-,41-,43+,44-,45+,46+,47-,48-,49+,50+/m1/s1. The molecule has 0 aromatic heterocycles. The van der Waals surface area contributed by atoms with E-state index in [0.717, 1.165) is 138 Å². The molecule has 0 N–H and O–H groups in total. The maximum Gasteiger partial charge on any atom is 0.305 e. The Morgan fingerprint density at radius 1 is 0.514 bits per heavy atom. The van der Waals surface area contributed by atoms with Gasteiger partial charge in [0.05, 0.1) is 25.2 Å². The third kappa shape index (κ3) is 27.1.